The number of rotatable bonds is 5. The van der Waals surface area contributed by atoms with E-state index in [4.69, 9.17) is 14.2 Å². The van der Waals surface area contributed by atoms with E-state index in [2.05, 4.69) is 0 Å². The molecule has 172 valence electrons. The molecule has 34 heavy (non-hydrogen) atoms. The molecule has 7 nitrogen and oxygen atoms in total. The Morgan fingerprint density at radius 3 is 2.38 bits per heavy atom. The zero-order valence-electron chi connectivity index (χ0n) is 18.7. The van der Waals surface area contributed by atoms with Crippen molar-refractivity contribution in [3.63, 3.8) is 0 Å². The number of carbonyl (C=O) groups is 2. The van der Waals surface area contributed by atoms with E-state index in [-0.39, 0.29) is 24.2 Å². The van der Waals surface area contributed by atoms with Crippen LogP contribution < -0.4 is 19.1 Å². The number of hydrogen-bond acceptors (Lipinski definition) is 6. The summed E-state index contributed by atoms with van der Waals surface area (Å²) < 4.78 is 16.5. The second kappa shape index (κ2) is 8.59. The Kier molecular flexibility index (Phi) is 5.45. The molecule has 0 bridgehead atoms. The number of fused-ring (bicyclic) bond motifs is 1. The number of hydrogen-bond donors (Lipinski definition) is 1. The van der Waals surface area contributed by atoms with E-state index in [1.165, 1.54) is 4.90 Å². The molecular weight excluding hydrogens is 434 g/mol. The van der Waals surface area contributed by atoms with Gasteiger partial charge in [0, 0.05) is 17.3 Å². The molecule has 2 aliphatic heterocycles. The van der Waals surface area contributed by atoms with Crippen molar-refractivity contribution in [1.82, 2.24) is 0 Å². The van der Waals surface area contributed by atoms with Gasteiger partial charge in [0.05, 0.1) is 17.7 Å². The first-order valence-electron chi connectivity index (χ1n) is 11.0. The average Bonchev–Trinajstić information content (AvgIpc) is 3.41. The molecule has 0 saturated carbocycles. The molecule has 2 aliphatic rings. The van der Waals surface area contributed by atoms with Crippen molar-refractivity contribution in [2.75, 3.05) is 11.7 Å². The van der Waals surface area contributed by atoms with Crippen molar-refractivity contribution >= 4 is 23.1 Å². The summed E-state index contributed by atoms with van der Waals surface area (Å²) in [5.41, 5.74) is 1.60. The number of carbonyl (C=O) groups excluding carboxylic acids is 2. The van der Waals surface area contributed by atoms with Gasteiger partial charge in [-0.3, -0.25) is 14.5 Å². The van der Waals surface area contributed by atoms with E-state index < -0.39 is 17.7 Å². The number of nitrogens with zero attached hydrogens (tertiary/aromatic N) is 1. The molecule has 1 unspecified atom stereocenters. The molecule has 1 saturated heterocycles. The molecule has 7 heteroatoms. The van der Waals surface area contributed by atoms with Gasteiger partial charge in [0.1, 0.15) is 11.5 Å². The van der Waals surface area contributed by atoms with Gasteiger partial charge in [-0.25, -0.2) is 0 Å². The van der Waals surface area contributed by atoms with Crippen LogP contribution in [0.25, 0.3) is 5.76 Å². The maximum Gasteiger partial charge on any atom is 0.300 e. The van der Waals surface area contributed by atoms with E-state index >= 15 is 0 Å². The van der Waals surface area contributed by atoms with Crippen molar-refractivity contribution in [2.45, 2.75) is 26.0 Å². The zero-order chi connectivity index (χ0) is 23.8. The van der Waals surface area contributed by atoms with Gasteiger partial charge in [-0.1, -0.05) is 30.3 Å². The van der Waals surface area contributed by atoms with Crippen LogP contribution in [0.3, 0.4) is 0 Å². The molecule has 1 fully saturated rings. The number of benzene rings is 3. The maximum absolute atomic E-state index is 13.3. The number of amides is 1. The number of aliphatic hydroxyl groups excluding tert-OH is 1. The normalized spacial score (nSPS) is 18.6. The minimum Gasteiger partial charge on any atom is -0.507 e. The Balaban J connectivity index is 1.62. The highest BCUT2D eigenvalue weighted by Crippen LogP contribution is 2.44. The fourth-order valence-corrected chi connectivity index (χ4v) is 4.20. The highest BCUT2D eigenvalue weighted by Gasteiger charge is 2.47. The second-order valence-electron chi connectivity index (χ2n) is 8.31. The largest absolute Gasteiger partial charge is 0.507 e. The van der Waals surface area contributed by atoms with Crippen molar-refractivity contribution in [3.8, 4) is 17.2 Å². The van der Waals surface area contributed by atoms with Crippen LogP contribution in [0, 0.1) is 0 Å². The number of Topliss-reactive ketones (excluding diaryl/α,β-unsaturated/α-hetero) is 1. The molecule has 3 aromatic rings. The van der Waals surface area contributed by atoms with E-state index in [1.807, 2.05) is 44.2 Å². The molecule has 0 aromatic heterocycles. The first-order valence-corrected chi connectivity index (χ1v) is 11.0. The molecular formula is C27H23NO6. The summed E-state index contributed by atoms with van der Waals surface area (Å²) >= 11 is 0. The lowest BCUT2D eigenvalue weighted by molar-refractivity contribution is -0.132. The Morgan fingerprint density at radius 2 is 1.68 bits per heavy atom. The predicted octanol–water partition coefficient (Wildman–Crippen LogP) is 4.83. The van der Waals surface area contributed by atoms with Crippen LogP contribution in [0.5, 0.6) is 17.2 Å². The van der Waals surface area contributed by atoms with E-state index in [1.54, 1.807) is 42.5 Å². The van der Waals surface area contributed by atoms with Crippen molar-refractivity contribution < 1.29 is 28.9 Å². The minimum atomic E-state index is -0.812. The zero-order valence-corrected chi connectivity index (χ0v) is 18.7. The number of anilines is 1. The smallest absolute Gasteiger partial charge is 0.300 e. The minimum absolute atomic E-state index is 0.00422. The molecule has 1 N–H and O–H groups in total. The highest BCUT2D eigenvalue weighted by atomic mass is 16.7. The summed E-state index contributed by atoms with van der Waals surface area (Å²) in [6.45, 7) is 3.94. The highest BCUT2D eigenvalue weighted by molar-refractivity contribution is 6.51. The average molecular weight is 457 g/mol. The molecule has 1 amide bonds. The first kappa shape index (κ1) is 21.6. The van der Waals surface area contributed by atoms with Gasteiger partial charge < -0.3 is 19.3 Å². The van der Waals surface area contributed by atoms with Crippen molar-refractivity contribution in [3.05, 3.63) is 89.5 Å². The monoisotopic (exact) mass is 457 g/mol. The van der Waals surface area contributed by atoms with Gasteiger partial charge >= 0.3 is 0 Å². The summed E-state index contributed by atoms with van der Waals surface area (Å²) in [7, 11) is 0. The van der Waals surface area contributed by atoms with Crippen molar-refractivity contribution in [2.24, 2.45) is 0 Å². The molecule has 1 atom stereocenters. The summed E-state index contributed by atoms with van der Waals surface area (Å²) in [5, 5.41) is 11.2. The lowest BCUT2D eigenvalue weighted by atomic mass is 9.95. The first-order chi connectivity index (χ1) is 16.4. The lowest BCUT2D eigenvalue weighted by Crippen LogP contribution is -2.29. The van der Waals surface area contributed by atoms with Gasteiger partial charge in [-0.05, 0) is 55.8 Å². The third kappa shape index (κ3) is 3.75. The SMILES string of the molecule is CC(C)Oc1ccc(/C(O)=C2\C(=O)C(=O)N(c3ccc4c(c3)OCO4)C2c2ccccc2)cc1. The predicted molar refractivity (Wildman–Crippen MR) is 126 cm³/mol. The Hall–Kier alpha value is -4.26. The molecule has 2 heterocycles. The van der Waals surface area contributed by atoms with Crippen LogP contribution >= 0.6 is 0 Å². The van der Waals surface area contributed by atoms with Crippen LogP contribution in [0.1, 0.15) is 31.0 Å². The van der Waals surface area contributed by atoms with E-state index in [9.17, 15) is 14.7 Å². The molecule has 0 aliphatic carbocycles. The lowest BCUT2D eigenvalue weighted by Gasteiger charge is -2.25. The van der Waals surface area contributed by atoms with Crippen LogP contribution in [-0.4, -0.2) is 29.7 Å². The maximum atomic E-state index is 13.3. The molecule has 0 radical (unpaired) electrons. The Labute approximate surface area is 196 Å². The standard InChI is InChI=1S/C27H23NO6/c1-16(2)34-20-11-8-18(9-12-20)25(29)23-24(17-6-4-3-5-7-17)28(27(31)26(23)30)19-10-13-21-22(14-19)33-15-32-21/h3-14,16,24,29H,15H2,1-2H3/b25-23+. The quantitative estimate of drug-likeness (QED) is 0.336. The number of aliphatic hydroxyl groups is 1. The van der Waals surface area contributed by atoms with Gasteiger partial charge in [0.2, 0.25) is 6.79 Å². The van der Waals surface area contributed by atoms with Crippen LogP contribution in [-0.2, 0) is 9.59 Å². The fraction of sp³-hybridized carbons (Fsp3) is 0.185. The van der Waals surface area contributed by atoms with E-state index in [0.29, 0.717) is 34.1 Å². The third-order valence-electron chi connectivity index (χ3n) is 5.69. The van der Waals surface area contributed by atoms with E-state index in [0.717, 1.165) is 0 Å². The van der Waals surface area contributed by atoms with Gasteiger partial charge in [-0.15, -0.1) is 0 Å². The summed E-state index contributed by atoms with van der Waals surface area (Å²) in [6.07, 6.45) is 0.00422. The molecule has 3 aromatic carbocycles. The Bertz CT molecular complexity index is 1280. The summed E-state index contributed by atoms with van der Waals surface area (Å²) in [5.74, 6) is -0.0219. The van der Waals surface area contributed by atoms with Crippen LogP contribution in [0.15, 0.2) is 78.4 Å². The fourth-order valence-electron chi connectivity index (χ4n) is 4.20. The molecule has 0 spiro atoms. The van der Waals surface area contributed by atoms with Crippen LogP contribution in [0.4, 0.5) is 5.69 Å². The third-order valence-corrected chi connectivity index (χ3v) is 5.69. The number of ether oxygens (including phenoxy) is 3. The topological polar surface area (TPSA) is 85.3 Å². The van der Waals surface area contributed by atoms with Crippen molar-refractivity contribution in [1.29, 1.82) is 0 Å². The van der Waals surface area contributed by atoms with Gasteiger partial charge in [0.15, 0.2) is 11.5 Å². The number of ketones is 1. The van der Waals surface area contributed by atoms with Gasteiger partial charge in [-0.2, -0.15) is 0 Å². The van der Waals surface area contributed by atoms with Crippen LogP contribution in [0.2, 0.25) is 0 Å². The Morgan fingerprint density at radius 1 is 0.971 bits per heavy atom. The summed E-state index contributed by atoms with van der Waals surface area (Å²) in [4.78, 5) is 27.9. The second-order valence-corrected chi connectivity index (χ2v) is 8.31. The summed E-state index contributed by atoms with van der Waals surface area (Å²) in [6, 6.07) is 20.2. The molecule has 5 rings (SSSR count). The van der Waals surface area contributed by atoms with Gasteiger partial charge in [0.25, 0.3) is 11.7 Å².